The first kappa shape index (κ1) is 16.5. The first-order valence-corrected chi connectivity index (χ1v) is 7.62. The summed E-state index contributed by atoms with van der Waals surface area (Å²) in [5, 5.41) is 23.0. The molecule has 1 aromatic rings. The number of rotatable bonds is 5. The lowest BCUT2D eigenvalue weighted by Crippen LogP contribution is -2.55. The highest BCUT2D eigenvalue weighted by atomic mass is 16.4. The zero-order chi connectivity index (χ0) is 16.3. The lowest BCUT2D eigenvalue weighted by atomic mass is 9.73. The number of carboxylic acids is 1. The van der Waals surface area contributed by atoms with E-state index in [9.17, 15) is 15.0 Å². The maximum Gasteiger partial charge on any atom is 0.312 e. The van der Waals surface area contributed by atoms with Gasteiger partial charge in [0.25, 0.3) is 0 Å². The predicted molar refractivity (Wildman–Crippen MR) is 84.1 cm³/mol. The van der Waals surface area contributed by atoms with Crippen molar-refractivity contribution in [1.82, 2.24) is 9.97 Å². The fourth-order valence-electron chi connectivity index (χ4n) is 3.07. The predicted octanol–water partition coefficient (Wildman–Crippen LogP) is 1.27. The van der Waals surface area contributed by atoms with Crippen LogP contribution in [0, 0.1) is 12.3 Å². The first-order valence-electron chi connectivity index (χ1n) is 7.62. The number of hydrogen-bond acceptors (Lipinski definition) is 6. The van der Waals surface area contributed by atoms with E-state index in [0.717, 1.165) is 12.1 Å². The van der Waals surface area contributed by atoms with Crippen LogP contribution in [0.3, 0.4) is 0 Å². The quantitative estimate of drug-likeness (QED) is 0.753. The minimum atomic E-state index is -1.05. The van der Waals surface area contributed by atoms with Gasteiger partial charge in [-0.2, -0.15) is 4.98 Å². The summed E-state index contributed by atoms with van der Waals surface area (Å²) >= 11 is 0. The maximum atomic E-state index is 11.7. The van der Waals surface area contributed by atoms with Gasteiger partial charge in [0.2, 0.25) is 5.95 Å². The normalized spacial score (nSPS) is 25.1. The Morgan fingerprint density at radius 2 is 2.27 bits per heavy atom. The third kappa shape index (κ3) is 2.99. The van der Waals surface area contributed by atoms with Crippen molar-refractivity contribution in [3.8, 4) is 0 Å². The van der Waals surface area contributed by atoms with E-state index in [1.54, 1.807) is 7.05 Å². The van der Waals surface area contributed by atoms with Crippen LogP contribution in [0.2, 0.25) is 0 Å². The standard InChI is InChI=1S/C15H24N4O3/c1-4-5-15(13(21)22)6-7-19(9-11(15)20)14-17-10(2)8-12(16-3)18-14/h8,11,20H,4-7,9H2,1-3H3,(H,21,22)(H,16,17,18)/t11-,15+/m1/s1. The zero-order valence-corrected chi connectivity index (χ0v) is 13.3. The molecular weight excluding hydrogens is 284 g/mol. The Hall–Kier alpha value is -1.89. The van der Waals surface area contributed by atoms with E-state index in [1.165, 1.54) is 0 Å². The summed E-state index contributed by atoms with van der Waals surface area (Å²) in [5.41, 5.74) is -0.228. The number of aryl methyl sites for hydroxylation is 1. The van der Waals surface area contributed by atoms with Gasteiger partial charge in [0.1, 0.15) is 5.82 Å². The van der Waals surface area contributed by atoms with E-state index in [0.29, 0.717) is 31.2 Å². The van der Waals surface area contributed by atoms with Crippen molar-refractivity contribution in [1.29, 1.82) is 0 Å². The van der Waals surface area contributed by atoms with Crippen LogP contribution in [-0.4, -0.2) is 52.4 Å². The van der Waals surface area contributed by atoms with Gasteiger partial charge in [0.15, 0.2) is 0 Å². The summed E-state index contributed by atoms with van der Waals surface area (Å²) in [6.07, 6.45) is 0.673. The average molecular weight is 308 g/mol. The second kappa shape index (κ2) is 6.48. The van der Waals surface area contributed by atoms with Crippen molar-refractivity contribution >= 4 is 17.7 Å². The Morgan fingerprint density at radius 3 is 2.82 bits per heavy atom. The fraction of sp³-hybridized carbons (Fsp3) is 0.667. The van der Waals surface area contributed by atoms with Gasteiger partial charge in [0, 0.05) is 31.9 Å². The average Bonchev–Trinajstić information content (AvgIpc) is 2.48. The Kier molecular flexibility index (Phi) is 4.85. The largest absolute Gasteiger partial charge is 0.481 e. The molecule has 2 heterocycles. The summed E-state index contributed by atoms with van der Waals surface area (Å²) in [6, 6.07) is 1.84. The zero-order valence-electron chi connectivity index (χ0n) is 13.3. The van der Waals surface area contributed by atoms with E-state index in [4.69, 9.17) is 0 Å². The molecule has 1 aromatic heterocycles. The van der Waals surface area contributed by atoms with Gasteiger partial charge >= 0.3 is 5.97 Å². The van der Waals surface area contributed by atoms with Crippen LogP contribution in [0.4, 0.5) is 11.8 Å². The molecule has 7 heteroatoms. The molecule has 22 heavy (non-hydrogen) atoms. The van der Waals surface area contributed by atoms with Crippen LogP contribution in [0.1, 0.15) is 31.9 Å². The highest BCUT2D eigenvalue weighted by Crippen LogP contribution is 2.37. The van der Waals surface area contributed by atoms with Crippen molar-refractivity contribution < 1.29 is 15.0 Å². The summed E-state index contributed by atoms with van der Waals surface area (Å²) < 4.78 is 0. The number of aliphatic hydroxyl groups is 1. The van der Waals surface area contributed by atoms with E-state index in [1.807, 2.05) is 24.8 Å². The topological polar surface area (TPSA) is 98.6 Å². The van der Waals surface area contributed by atoms with Crippen molar-refractivity contribution in [2.24, 2.45) is 5.41 Å². The van der Waals surface area contributed by atoms with Gasteiger partial charge in [-0.25, -0.2) is 4.98 Å². The van der Waals surface area contributed by atoms with Gasteiger partial charge in [0.05, 0.1) is 11.5 Å². The van der Waals surface area contributed by atoms with E-state index in [2.05, 4.69) is 15.3 Å². The number of carboxylic acid groups (broad SMARTS) is 1. The lowest BCUT2D eigenvalue weighted by Gasteiger charge is -2.42. The third-order valence-electron chi connectivity index (χ3n) is 4.36. The molecule has 0 spiro atoms. The number of aromatic nitrogens is 2. The smallest absolute Gasteiger partial charge is 0.312 e. The SMILES string of the molecule is CCC[C@]1(C(=O)O)CCN(c2nc(C)cc(NC)n2)C[C@H]1O. The minimum Gasteiger partial charge on any atom is -0.481 e. The number of β-amino-alcohol motifs (C(OH)–C–C–N with tert-alkyl or cyclic N) is 1. The number of hydrogen-bond donors (Lipinski definition) is 3. The van der Waals surface area contributed by atoms with E-state index < -0.39 is 17.5 Å². The van der Waals surface area contributed by atoms with Crippen LogP contribution in [-0.2, 0) is 4.79 Å². The number of aliphatic carboxylic acids is 1. The molecule has 0 unspecified atom stereocenters. The van der Waals surface area contributed by atoms with Crippen molar-refractivity contribution in [2.75, 3.05) is 30.4 Å². The summed E-state index contributed by atoms with van der Waals surface area (Å²) in [4.78, 5) is 22.3. The molecule has 0 bridgehead atoms. The summed E-state index contributed by atoms with van der Waals surface area (Å²) in [5.74, 6) is 0.321. The van der Waals surface area contributed by atoms with Crippen LogP contribution in [0.25, 0.3) is 0 Å². The highest BCUT2D eigenvalue weighted by Gasteiger charge is 2.48. The number of nitrogens with one attached hydrogen (secondary N) is 1. The molecular formula is C15H24N4O3. The van der Waals surface area contributed by atoms with Crippen molar-refractivity contribution in [3.05, 3.63) is 11.8 Å². The van der Waals surface area contributed by atoms with Crippen molar-refractivity contribution in [2.45, 2.75) is 39.2 Å². The Bertz CT molecular complexity index is 552. The van der Waals surface area contributed by atoms with Crippen LogP contribution < -0.4 is 10.2 Å². The molecule has 3 N–H and O–H groups in total. The molecule has 0 amide bonds. The van der Waals surface area contributed by atoms with Crippen LogP contribution in [0.5, 0.6) is 0 Å². The molecule has 0 aliphatic carbocycles. The molecule has 7 nitrogen and oxygen atoms in total. The van der Waals surface area contributed by atoms with Crippen LogP contribution >= 0.6 is 0 Å². The monoisotopic (exact) mass is 308 g/mol. The molecule has 122 valence electrons. The van der Waals surface area contributed by atoms with E-state index in [-0.39, 0.29) is 6.54 Å². The first-order chi connectivity index (χ1) is 10.4. The molecule has 0 aromatic carbocycles. The lowest BCUT2D eigenvalue weighted by molar-refractivity contribution is -0.159. The number of aliphatic hydroxyl groups excluding tert-OH is 1. The number of anilines is 2. The van der Waals surface area contributed by atoms with Crippen molar-refractivity contribution in [3.63, 3.8) is 0 Å². The second-order valence-corrected chi connectivity index (χ2v) is 5.87. The highest BCUT2D eigenvalue weighted by molar-refractivity contribution is 5.76. The molecule has 0 saturated carbocycles. The van der Waals surface area contributed by atoms with Gasteiger partial charge < -0.3 is 20.4 Å². The van der Waals surface area contributed by atoms with E-state index >= 15 is 0 Å². The van der Waals surface area contributed by atoms with Gasteiger partial charge in [-0.3, -0.25) is 4.79 Å². The summed E-state index contributed by atoms with van der Waals surface area (Å²) in [6.45, 7) is 4.58. The van der Waals surface area contributed by atoms with Crippen LogP contribution in [0.15, 0.2) is 6.07 Å². The van der Waals surface area contributed by atoms with Gasteiger partial charge in [-0.15, -0.1) is 0 Å². The van der Waals surface area contributed by atoms with Gasteiger partial charge in [-0.1, -0.05) is 13.3 Å². The molecule has 1 aliphatic rings. The minimum absolute atomic E-state index is 0.235. The Labute approximate surface area is 130 Å². The Balaban J connectivity index is 2.22. The third-order valence-corrected chi connectivity index (χ3v) is 4.36. The Morgan fingerprint density at radius 1 is 1.55 bits per heavy atom. The maximum absolute atomic E-state index is 11.7. The van der Waals surface area contributed by atoms with Gasteiger partial charge in [-0.05, 0) is 19.8 Å². The number of nitrogens with zero attached hydrogens (tertiary/aromatic N) is 3. The second-order valence-electron chi connectivity index (χ2n) is 5.87. The molecule has 1 fully saturated rings. The number of carbonyl (C=O) groups is 1. The molecule has 2 rings (SSSR count). The molecule has 2 atom stereocenters. The number of piperidine rings is 1. The summed E-state index contributed by atoms with van der Waals surface area (Å²) in [7, 11) is 1.79. The molecule has 1 saturated heterocycles. The molecule has 1 aliphatic heterocycles. The molecule has 0 radical (unpaired) electrons. The fourth-order valence-corrected chi connectivity index (χ4v) is 3.07.